The van der Waals surface area contributed by atoms with Crippen molar-refractivity contribution in [2.75, 3.05) is 5.32 Å². The molecule has 88 valence electrons. The molecular formula is C12H15F2NO. The topological polar surface area (TPSA) is 32.3 Å². The van der Waals surface area contributed by atoms with Crippen molar-refractivity contribution in [3.63, 3.8) is 0 Å². The standard InChI is InChI=1S/C12H15F2NO/c1-12(2)10(6-11(12)16)15-9-5-7(13)3-4-8(9)14/h3-5,10-11,15-16H,6H2,1-2H3. The van der Waals surface area contributed by atoms with Crippen LogP contribution in [0.25, 0.3) is 0 Å². The Bertz CT molecular complexity index is 406. The highest BCUT2D eigenvalue weighted by atomic mass is 19.1. The van der Waals surface area contributed by atoms with Crippen LogP contribution in [0.4, 0.5) is 14.5 Å². The fourth-order valence-electron chi connectivity index (χ4n) is 1.94. The monoisotopic (exact) mass is 227 g/mol. The first-order valence-corrected chi connectivity index (χ1v) is 5.31. The molecule has 0 spiro atoms. The van der Waals surface area contributed by atoms with Crippen LogP contribution >= 0.6 is 0 Å². The van der Waals surface area contributed by atoms with Gasteiger partial charge in [-0.2, -0.15) is 0 Å². The summed E-state index contributed by atoms with van der Waals surface area (Å²) < 4.78 is 26.3. The van der Waals surface area contributed by atoms with Crippen molar-refractivity contribution in [1.82, 2.24) is 0 Å². The van der Waals surface area contributed by atoms with E-state index in [-0.39, 0.29) is 23.2 Å². The third-order valence-corrected chi connectivity index (χ3v) is 3.47. The van der Waals surface area contributed by atoms with Gasteiger partial charge in [0.25, 0.3) is 0 Å². The second kappa shape index (κ2) is 3.70. The fourth-order valence-corrected chi connectivity index (χ4v) is 1.94. The Labute approximate surface area is 93.3 Å². The minimum atomic E-state index is -0.474. The highest BCUT2D eigenvalue weighted by Crippen LogP contribution is 2.42. The van der Waals surface area contributed by atoms with Gasteiger partial charge in [-0.3, -0.25) is 0 Å². The lowest BCUT2D eigenvalue weighted by Gasteiger charge is -2.49. The van der Waals surface area contributed by atoms with Gasteiger partial charge in [-0.05, 0) is 24.6 Å². The Balaban J connectivity index is 2.13. The maximum absolute atomic E-state index is 13.3. The second-order valence-corrected chi connectivity index (χ2v) is 4.89. The molecule has 1 fully saturated rings. The van der Waals surface area contributed by atoms with Crippen LogP contribution in [0.15, 0.2) is 18.2 Å². The molecule has 1 aromatic carbocycles. The number of benzene rings is 1. The molecule has 0 aromatic heterocycles. The summed E-state index contributed by atoms with van der Waals surface area (Å²) in [5.41, 5.74) is -0.149. The van der Waals surface area contributed by atoms with Gasteiger partial charge in [0.2, 0.25) is 0 Å². The molecule has 2 nitrogen and oxygen atoms in total. The van der Waals surface area contributed by atoms with Gasteiger partial charge < -0.3 is 10.4 Å². The second-order valence-electron chi connectivity index (χ2n) is 4.89. The lowest BCUT2D eigenvalue weighted by atomic mass is 9.64. The lowest BCUT2D eigenvalue weighted by Crippen LogP contribution is -2.57. The van der Waals surface area contributed by atoms with E-state index in [1.807, 2.05) is 13.8 Å². The van der Waals surface area contributed by atoms with E-state index in [0.29, 0.717) is 6.42 Å². The molecule has 1 aromatic rings. The van der Waals surface area contributed by atoms with E-state index < -0.39 is 11.6 Å². The van der Waals surface area contributed by atoms with Gasteiger partial charge in [0.05, 0.1) is 11.8 Å². The molecule has 2 N–H and O–H groups in total. The predicted molar refractivity (Wildman–Crippen MR) is 58.2 cm³/mol. The number of hydrogen-bond donors (Lipinski definition) is 2. The Morgan fingerprint density at radius 2 is 2.06 bits per heavy atom. The highest BCUT2D eigenvalue weighted by Gasteiger charge is 2.47. The molecule has 2 unspecified atom stereocenters. The van der Waals surface area contributed by atoms with Crippen molar-refractivity contribution in [1.29, 1.82) is 0 Å². The van der Waals surface area contributed by atoms with Crippen LogP contribution in [-0.2, 0) is 0 Å². The molecule has 0 radical (unpaired) electrons. The molecule has 2 rings (SSSR count). The van der Waals surface area contributed by atoms with Gasteiger partial charge in [-0.25, -0.2) is 8.78 Å². The zero-order valence-electron chi connectivity index (χ0n) is 9.30. The van der Waals surface area contributed by atoms with Crippen LogP contribution in [0, 0.1) is 17.0 Å². The minimum absolute atomic E-state index is 0.0289. The van der Waals surface area contributed by atoms with Crippen LogP contribution in [-0.4, -0.2) is 17.3 Å². The van der Waals surface area contributed by atoms with Gasteiger partial charge in [0.15, 0.2) is 0 Å². The molecule has 1 aliphatic rings. The van der Waals surface area contributed by atoms with E-state index in [9.17, 15) is 13.9 Å². The summed E-state index contributed by atoms with van der Waals surface area (Å²) in [5.74, 6) is -0.944. The molecule has 1 aliphatic carbocycles. The summed E-state index contributed by atoms with van der Waals surface area (Å²) >= 11 is 0. The van der Waals surface area contributed by atoms with Crippen LogP contribution in [0.3, 0.4) is 0 Å². The summed E-state index contributed by atoms with van der Waals surface area (Å²) in [7, 11) is 0. The van der Waals surface area contributed by atoms with Crippen LogP contribution in [0.5, 0.6) is 0 Å². The quantitative estimate of drug-likeness (QED) is 0.813. The summed E-state index contributed by atoms with van der Waals surface area (Å²) in [4.78, 5) is 0. The first-order chi connectivity index (χ1) is 7.41. The van der Waals surface area contributed by atoms with Crippen molar-refractivity contribution in [2.45, 2.75) is 32.4 Å². The highest BCUT2D eigenvalue weighted by molar-refractivity contribution is 5.47. The largest absolute Gasteiger partial charge is 0.392 e. The molecule has 0 amide bonds. The third kappa shape index (κ3) is 1.78. The SMILES string of the molecule is CC1(C)C(O)CC1Nc1cc(F)ccc1F. The van der Waals surface area contributed by atoms with Crippen LogP contribution < -0.4 is 5.32 Å². The molecule has 4 heteroatoms. The lowest BCUT2D eigenvalue weighted by molar-refractivity contribution is -0.0511. The van der Waals surface area contributed by atoms with Crippen molar-refractivity contribution >= 4 is 5.69 Å². The van der Waals surface area contributed by atoms with Gasteiger partial charge >= 0.3 is 0 Å². The maximum atomic E-state index is 13.3. The Hall–Kier alpha value is -1.16. The molecule has 2 atom stereocenters. The summed E-state index contributed by atoms with van der Waals surface area (Å²) in [5, 5.41) is 12.5. The first-order valence-electron chi connectivity index (χ1n) is 5.31. The van der Waals surface area contributed by atoms with Crippen molar-refractivity contribution < 1.29 is 13.9 Å². The number of aliphatic hydroxyl groups excluding tert-OH is 1. The Kier molecular flexibility index (Phi) is 2.62. The Morgan fingerprint density at radius 1 is 1.38 bits per heavy atom. The maximum Gasteiger partial charge on any atom is 0.146 e. The number of aliphatic hydroxyl groups is 1. The predicted octanol–water partition coefficient (Wildman–Crippen LogP) is 2.54. The average Bonchev–Trinajstić information content (AvgIpc) is 2.23. The van der Waals surface area contributed by atoms with Gasteiger partial charge in [0.1, 0.15) is 11.6 Å². The van der Waals surface area contributed by atoms with Crippen molar-refractivity contribution in [3.05, 3.63) is 29.8 Å². The molecule has 0 aliphatic heterocycles. The zero-order valence-corrected chi connectivity index (χ0v) is 9.30. The number of halogens is 2. The van der Waals surface area contributed by atoms with Gasteiger partial charge in [-0.1, -0.05) is 13.8 Å². The van der Waals surface area contributed by atoms with E-state index in [0.717, 1.165) is 18.2 Å². The van der Waals surface area contributed by atoms with Crippen LogP contribution in [0.2, 0.25) is 0 Å². The summed E-state index contributed by atoms with van der Waals surface area (Å²) in [6.45, 7) is 3.80. The smallest absolute Gasteiger partial charge is 0.146 e. The molecular weight excluding hydrogens is 212 g/mol. The van der Waals surface area contributed by atoms with Gasteiger partial charge in [0, 0.05) is 11.5 Å². The number of anilines is 1. The number of nitrogens with one attached hydrogen (secondary N) is 1. The third-order valence-electron chi connectivity index (χ3n) is 3.47. The van der Waals surface area contributed by atoms with E-state index in [1.54, 1.807) is 0 Å². The fraction of sp³-hybridized carbons (Fsp3) is 0.500. The van der Waals surface area contributed by atoms with Crippen molar-refractivity contribution in [3.8, 4) is 0 Å². The first kappa shape index (κ1) is 11.3. The van der Waals surface area contributed by atoms with E-state index >= 15 is 0 Å². The molecule has 1 saturated carbocycles. The molecule has 16 heavy (non-hydrogen) atoms. The molecule has 0 heterocycles. The zero-order chi connectivity index (χ0) is 11.9. The minimum Gasteiger partial charge on any atom is -0.392 e. The van der Waals surface area contributed by atoms with Crippen LogP contribution in [0.1, 0.15) is 20.3 Å². The van der Waals surface area contributed by atoms with E-state index in [1.165, 1.54) is 0 Å². The summed E-state index contributed by atoms with van der Waals surface area (Å²) in [6, 6.07) is 3.29. The van der Waals surface area contributed by atoms with Crippen molar-refractivity contribution in [2.24, 2.45) is 5.41 Å². The normalized spacial score (nSPS) is 27.3. The average molecular weight is 227 g/mol. The molecule has 0 bridgehead atoms. The van der Waals surface area contributed by atoms with E-state index in [2.05, 4.69) is 5.32 Å². The number of rotatable bonds is 2. The Morgan fingerprint density at radius 3 is 2.62 bits per heavy atom. The van der Waals surface area contributed by atoms with Gasteiger partial charge in [-0.15, -0.1) is 0 Å². The number of hydrogen-bond acceptors (Lipinski definition) is 2. The van der Waals surface area contributed by atoms with E-state index in [4.69, 9.17) is 0 Å². The summed E-state index contributed by atoms with van der Waals surface area (Å²) in [6.07, 6.45) is 0.171. The molecule has 0 saturated heterocycles.